The van der Waals surface area contributed by atoms with Gasteiger partial charge < -0.3 is 5.32 Å². The molecule has 1 atom stereocenters. The van der Waals surface area contributed by atoms with E-state index in [1.54, 1.807) is 12.1 Å². The number of hydrogen-bond donors (Lipinski definition) is 1. The first-order chi connectivity index (χ1) is 11.8. The van der Waals surface area contributed by atoms with Gasteiger partial charge in [-0.2, -0.15) is 4.31 Å². The Hall–Kier alpha value is -1.45. The highest BCUT2D eigenvalue weighted by molar-refractivity contribution is 7.91. The average Bonchev–Trinajstić information content (AvgIpc) is 3.17. The summed E-state index contributed by atoms with van der Waals surface area (Å²) in [7, 11) is -6.55. The highest BCUT2D eigenvalue weighted by Crippen LogP contribution is 2.25. The van der Waals surface area contributed by atoms with E-state index in [-0.39, 0.29) is 34.6 Å². The molecule has 2 aliphatic rings. The smallest absolute Gasteiger partial charge is 0.243 e. The number of nitrogens with zero attached hydrogens (tertiary/aromatic N) is 1. The first-order valence-corrected chi connectivity index (χ1v) is 11.6. The molecule has 25 heavy (non-hydrogen) atoms. The van der Waals surface area contributed by atoms with Crippen molar-refractivity contribution in [3.8, 4) is 0 Å². The lowest BCUT2D eigenvalue weighted by molar-refractivity contribution is -0.116. The standard InChI is InChI=1S/C16H22N2O5S2/c19-16(10-13-6-9-24(20,21)12-13)17-14-4-3-5-15(11-14)25(22,23)18-7-1-2-8-18/h3-5,11,13H,1-2,6-10,12H2,(H,17,19)/t13-/m0/s1. The van der Waals surface area contributed by atoms with Crippen LogP contribution in [-0.2, 0) is 24.7 Å². The number of nitrogens with one attached hydrogen (secondary N) is 1. The van der Waals surface area contributed by atoms with E-state index in [9.17, 15) is 21.6 Å². The van der Waals surface area contributed by atoms with Gasteiger partial charge in [-0.05, 0) is 43.4 Å². The lowest BCUT2D eigenvalue weighted by Gasteiger charge is -2.16. The number of carbonyl (C=O) groups is 1. The van der Waals surface area contributed by atoms with Gasteiger partial charge in [-0.15, -0.1) is 0 Å². The minimum absolute atomic E-state index is 0.0454. The SMILES string of the molecule is O=C(C[C@@H]1CCS(=O)(=O)C1)Nc1cccc(S(=O)(=O)N2CCCC2)c1. The van der Waals surface area contributed by atoms with E-state index >= 15 is 0 Å². The highest BCUT2D eigenvalue weighted by Gasteiger charge is 2.30. The molecule has 0 bridgehead atoms. The molecule has 138 valence electrons. The van der Waals surface area contributed by atoms with Gasteiger partial charge in [-0.3, -0.25) is 4.79 Å². The van der Waals surface area contributed by atoms with Gasteiger partial charge in [0.05, 0.1) is 16.4 Å². The molecule has 2 saturated heterocycles. The third-order valence-electron chi connectivity index (χ3n) is 4.62. The van der Waals surface area contributed by atoms with Crippen LogP contribution in [0.25, 0.3) is 0 Å². The van der Waals surface area contributed by atoms with Crippen LogP contribution < -0.4 is 5.32 Å². The Morgan fingerprint density at radius 2 is 1.96 bits per heavy atom. The van der Waals surface area contributed by atoms with Crippen molar-refractivity contribution in [2.24, 2.45) is 5.92 Å². The van der Waals surface area contributed by atoms with Crippen molar-refractivity contribution in [2.45, 2.75) is 30.6 Å². The second kappa shape index (κ2) is 7.05. The first-order valence-electron chi connectivity index (χ1n) is 8.37. The van der Waals surface area contributed by atoms with E-state index in [1.165, 1.54) is 16.4 Å². The molecular formula is C16H22N2O5S2. The van der Waals surface area contributed by atoms with Crippen molar-refractivity contribution in [3.63, 3.8) is 0 Å². The summed E-state index contributed by atoms with van der Waals surface area (Å²) in [6, 6.07) is 6.20. The van der Waals surface area contributed by atoms with Gasteiger partial charge in [-0.1, -0.05) is 6.07 Å². The summed E-state index contributed by atoms with van der Waals surface area (Å²) >= 11 is 0. The van der Waals surface area contributed by atoms with Gasteiger partial charge in [0.1, 0.15) is 0 Å². The minimum Gasteiger partial charge on any atom is -0.326 e. The number of hydrogen-bond acceptors (Lipinski definition) is 5. The third-order valence-corrected chi connectivity index (χ3v) is 8.35. The van der Waals surface area contributed by atoms with Crippen molar-refractivity contribution in [1.82, 2.24) is 4.31 Å². The number of anilines is 1. The first kappa shape index (κ1) is 18.3. The van der Waals surface area contributed by atoms with Crippen LogP contribution in [0.4, 0.5) is 5.69 Å². The molecule has 0 radical (unpaired) electrons. The van der Waals surface area contributed by atoms with E-state index in [0.29, 0.717) is 25.2 Å². The molecule has 1 N–H and O–H groups in total. The lowest BCUT2D eigenvalue weighted by Crippen LogP contribution is -2.28. The van der Waals surface area contributed by atoms with Gasteiger partial charge in [-0.25, -0.2) is 16.8 Å². The maximum Gasteiger partial charge on any atom is 0.243 e. The monoisotopic (exact) mass is 386 g/mol. The van der Waals surface area contributed by atoms with Crippen LogP contribution in [0.1, 0.15) is 25.7 Å². The number of carbonyl (C=O) groups excluding carboxylic acids is 1. The molecule has 0 aliphatic carbocycles. The molecule has 1 aromatic carbocycles. The Labute approximate surface area is 148 Å². The van der Waals surface area contributed by atoms with Crippen molar-refractivity contribution in [2.75, 3.05) is 29.9 Å². The fraction of sp³-hybridized carbons (Fsp3) is 0.562. The number of sulfone groups is 1. The maximum atomic E-state index is 12.6. The van der Waals surface area contributed by atoms with Gasteiger partial charge in [0.2, 0.25) is 15.9 Å². The van der Waals surface area contributed by atoms with E-state index < -0.39 is 19.9 Å². The van der Waals surface area contributed by atoms with Crippen LogP contribution in [0.15, 0.2) is 29.2 Å². The van der Waals surface area contributed by atoms with Crippen LogP contribution >= 0.6 is 0 Å². The zero-order valence-corrected chi connectivity index (χ0v) is 15.5. The molecule has 9 heteroatoms. The van der Waals surface area contributed by atoms with Crippen molar-refractivity contribution < 1.29 is 21.6 Å². The predicted octanol–water partition coefficient (Wildman–Crippen LogP) is 1.23. The molecule has 3 rings (SSSR count). The van der Waals surface area contributed by atoms with Crippen molar-refractivity contribution in [1.29, 1.82) is 0 Å². The van der Waals surface area contributed by atoms with Crippen LogP contribution in [0, 0.1) is 5.92 Å². The van der Waals surface area contributed by atoms with E-state index in [1.807, 2.05) is 0 Å². The zero-order valence-electron chi connectivity index (χ0n) is 13.8. The Kier molecular flexibility index (Phi) is 5.17. The molecule has 0 saturated carbocycles. The van der Waals surface area contributed by atoms with Crippen LogP contribution in [0.5, 0.6) is 0 Å². The maximum absolute atomic E-state index is 12.6. The van der Waals surface area contributed by atoms with Crippen molar-refractivity contribution in [3.05, 3.63) is 24.3 Å². The molecule has 1 aromatic rings. The molecule has 2 heterocycles. The second-order valence-corrected chi connectivity index (χ2v) is 10.8. The molecular weight excluding hydrogens is 364 g/mol. The summed E-state index contributed by atoms with van der Waals surface area (Å²) in [5.41, 5.74) is 0.408. The molecule has 7 nitrogen and oxygen atoms in total. The molecule has 0 aromatic heterocycles. The molecule has 0 spiro atoms. The summed E-state index contributed by atoms with van der Waals surface area (Å²) in [6.07, 6.45) is 2.35. The summed E-state index contributed by atoms with van der Waals surface area (Å²) in [5, 5.41) is 2.68. The van der Waals surface area contributed by atoms with Crippen LogP contribution in [0.2, 0.25) is 0 Å². The van der Waals surface area contributed by atoms with Gasteiger partial charge >= 0.3 is 0 Å². The van der Waals surface area contributed by atoms with Gasteiger partial charge in [0.25, 0.3) is 0 Å². The average molecular weight is 386 g/mol. The normalized spacial score (nSPS) is 23.6. The van der Waals surface area contributed by atoms with Crippen LogP contribution in [-0.4, -0.2) is 51.6 Å². The Morgan fingerprint density at radius 3 is 2.60 bits per heavy atom. The topological polar surface area (TPSA) is 101 Å². The quantitative estimate of drug-likeness (QED) is 0.820. The second-order valence-electron chi connectivity index (χ2n) is 6.66. The Morgan fingerprint density at radius 1 is 1.24 bits per heavy atom. The Bertz CT molecular complexity index is 858. The van der Waals surface area contributed by atoms with Crippen molar-refractivity contribution >= 4 is 31.5 Å². The number of sulfonamides is 1. The van der Waals surface area contributed by atoms with E-state index in [4.69, 9.17) is 0 Å². The summed E-state index contributed by atoms with van der Waals surface area (Å²) in [4.78, 5) is 12.3. The fourth-order valence-electron chi connectivity index (χ4n) is 3.32. The zero-order chi connectivity index (χ0) is 18.1. The highest BCUT2D eigenvalue weighted by atomic mass is 32.2. The minimum atomic E-state index is -3.53. The Balaban J connectivity index is 1.66. The summed E-state index contributed by atoms with van der Waals surface area (Å²) in [5.74, 6) is -0.280. The van der Waals surface area contributed by atoms with Crippen LogP contribution in [0.3, 0.4) is 0 Å². The molecule has 0 unspecified atom stereocenters. The molecule has 2 fully saturated rings. The predicted molar refractivity (Wildman–Crippen MR) is 94.4 cm³/mol. The van der Waals surface area contributed by atoms with Gasteiger partial charge in [0, 0.05) is 25.2 Å². The van der Waals surface area contributed by atoms with E-state index in [2.05, 4.69) is 5.32 Å². The molecule has 1 amide bonds. The fourth-order valence-corrected chi connectivity index (χ4v) is 6.74. The largest absolute Gasteiger partial charge is 0.326 e. The summed E-state index contributed by atoms with van der Waals surface area (Å²) < 4.78 is 49.5. The lowest BCUT2D eigenvalue weighted by atomic mass is 10.1. The van der Waals surface area contributed by atoms with Gasteiger partial charge in [0.15, 0.2) is 9.84 Å². The third kappa shape index (κ3) is 4.39. The number of amides is 1. The van der Waals surface area contributed by atoms with E-state index in [0.717, 1.165) is 12.8 Å². The number of rotatable bonds is 5. The number of benzene rings is 1. The summed E-state index contributed by atoms with van der Waals surface area (Å²) in [6.45, 7) is 1.05. The molecule has 2 aliphatic heterocycles.